The number of hydrogen-bond donors (Lipinski definition) is 0. The van der Waals surface area contributed by atoms with Crippen LogP contribution in [0.5, 0.6) is 11.5 Å². The van der Waals surface area contributed by atoms with Crippen molar-refractivity contribution < 1.29 is 4.74 Å². The number of nitrogens with zero attached hydrogens (tertiary/aromatic N) is 3. The van der Waals surface area contributed by atoms with Gasteiger partial charge in [0.1, 0.15) is 11.5 Å². The van der Waals surface area contributed by atoms with Gasteiger partial charge in [-0.1, -0.05) is 164 Å². The molecule has 1 aliphatic heterocycles. The van der Waals surface area contributed by atoms with Gasteiger partial charge in [0, 0.05) is 27.8 Å². The minimum atomic E-state index is -0.530. The zero-order valence-corrected chi connectivity index (χ0v) is 29.1. The second-order valence-corrected chi connectivity index (χ2v) is 13.9. The molecule has 0 atom stereocenters. The van der Waals surface area contributed by atoms with Crippen molar-refractivity contribution in [2.75, 3.05) is 0 Å². The normalized spacial score (nSPS) is 13.1. The Morgan fingerprint density at radius 2 is 0.852 bits per heavy atom. The lowest BCUT2D eigenvalue weighted by Crippen LogP contribution is -2.32. The van der Waals surface area contributed by atoms with Gasteiger partial charge in [0.05, 0.1) is 5.41 Å². The molecule has 1 spiro atoms. The van der Waals surface area contributed by atoms with E-state index >= 15 is 0 Å². The van der Waals surface area contributed by atoms with Gasteiger partial charge in [0.25, 0.3) is 0 Å². The molecule has 1 aromatic heterocycles. The Bertz CT molecular complexity index is 2880. The lowest BCUT2D eigenvalue weighted by molar-refractivity contribution is 0.436. The molecule has 2 heterocycles. The Morgan fingerprint density at radius 1 is 0.333 bits per heavy atom. The molecule has 0 fully saturated rings. The van der Waals surface area contributed by atoms with Gasteiger partial charge in [-0.25, -0.2) is 15.0 Å². The molecule has 54 heavy (non-hydrogen) atoms. The molecule has 0 radical (unpaired) electrons. The number of aromatic nitrogens is 3. The molecule has 2 aliphatic rings. The van der Waals surface area contributed by atoms with E-state index in [1.54, 1.807) is 0 Å². The van der Waals surface area contributed by atoms with Gasteiger partial charge in [-0.3, -0.25) is 0 Å². The summed E-state index contributed by atoms with van der Waals surface area (Å²) in [6.07, 6.45) is 0. The third-order valence-electron chi connectivity index (χ3n) is 11.0. The maximum Gasteiger partial charge on any atom is 0.164 e. The standard InChI is InChI=1S/C50H31N3O/c1-2-15-33(16-3-1)47-51-48(35-19-12-18-34(30-35)38-22-13-17-32-14-4-5-20-37(32)38)53-49(52-47)36-28-29-42-40(31-36)39-21-6-7-23-41(39)50(42)43-24-8-10-26-45(43)54-46-27-11-9-25-44(46)50/h1-31H. The Morgan fingerprint density at radius 3 is 1.63 bits per heavy atom. The molecule has 11 rings (SSSR count). The first-order chi connectivity index (χ1) is 26.8. The summed E-state index contributed by atoms with van der Waals surface area (Å²) in [4.78, 5) is 15.4. The summed E-state index contributed by atoms with van der Waals surface area (Å²) in [7, 11) is 0. The second-order valence-electron chi connectivity index (χ2n) is 13.9. The molecule has 0 bridgehead atoms. The molecule has 8 aromatic carbocycles. The SMILES string of the molecule is c1ccc(-c2nc(-c3cccc(-c4cccc5ccccc45)c3)nc(-c3ccc4c(c3)-c3ccccc3C43c4ccccc4Oc4ccccc43)n2)cc1. The van der Waals surface area contributed by atoms with E-state index < -0.39 is 5.41 Å². The predicted molar refractivity (Wildman–Crippen MR) is 216 cm³/mol. The Kier molecular flexibility index (Phi) is 6.73. The highest BCUT2D eigenvalue weighted by molar-refractivity contribution is 5.97. The predicted octanol–water partition coefficient (Wildman–Crippen LogP) is 12.2. The Balaban J connectivity index is 1.11. The van der Waals surface area contributed by atoms with Crippen LogP contribution in [-0.4, -0.2) is 15.0 Å². The van der Waals surface area contributed by atoms with Crippen LogP contribution in [0, 0.1) is 0 Å². The third-order valence-corrected chi connectivity index (χ3v) is 11.0. The van der Waals surface area contributed by atoms with Gasteiger partial charge in [-0.05, 0) is 68.4 Å². The smallest absolute Gasteiger partial charge is 0.164 e. The fourth-order valence-electron chi connectivity index (χ4n) is 8.65. The number of ether oxygens (including phenoxy) is 1. The summed E-state index contributed by atoms with van der Waals surface area (Å²) >= 11 is 0. The molecule has 4 heteroatoms. The number of hydrogen-bond acceptors (Lipinski definition) is 4. The second kappa shape index (κ2) is 11.9. The molecular formula is C50H31N3O. The quantitative estimate of drug-likeness (QED) is 0.185. The summed E-state index contributed by atoms with van der Waals surface area (Å²) in [6.45, 7) is 0. The average Bonchev–Trinajstić information content (AvgIpc) is 3.53. The zero-order chi connectivity index (χ0) is 35.6. The van der Waals surface area contributed by atoms with Gasteiger partial charge in [-0.2, -0.15) is 0 Å². The molecule has 252 valence electrons. The number of rotatable bonds is 4. The Hall–Kier alpha value is -7.17. The molecule has 0 N–H and O–H groups in total. The van der Waals surface area contributed by atoms with Crippen molar-refractivity contribution in [1.82, 2.24) is 15.0 Å². The fraction of sp³-hybridized carbons (Fsp3) is 0.0200. The van der Waals surface area contributed by atoms with Crippen molar-refractivity contribution in [3.63, 3.8) is 0 Å². The lowest BCUT2D eigenvalue weighted by Gasteiger charge is -2.39. The fourth-order valence-corrected chi connectivity index (χ4v) is 8.65. The van der Waals surface area contributed by atoms with Crippen LogP contribution in [0.4, 0.5) is 0 Å². The van der Waals surface area contributed by atoms with Crippen molar-refractivity contribution in [2.45, 2.75) is 5.41 Å². The monoisotopic (exact) mass is 689 g/mol. The van der Waals surface area contributed by atoms with Crippen LogP contribution in [-0.2, 0) is 5.41 Å². The van der Waals surface area contributed by atoms with Gasteiger partial charge < -0.3 is 4.74 Å². The summed E-state index contributed by atoms with van der Waals surface area (Å²) in [6, 6.07) is 66.1. The number of fused-ring (bicyclic) bond motifs is 10. The van der Waals surface area contributed by atoms with E-state index in [1.807, 2.05) is 30.3 Å². The van der Waals surface area contributed by atoms with Crippen LogP contribution in [0.25, 0.3) is 67.2 Å². The van der Waals surface area contributed by atoms with Gasteiger partial charge in [-0.15, -0.1) is 0 Å². The van der Waals surface area contributed by atoms with Crippen molar-refractivity contribution in [3.05, 3.63) is 210 Å². The van der Waals surface area contributed by atoms with E-state index in [2.05, 4.69) is 158 Å². The molecule has 4 nitrogen and oxygen atoms in total. The Labute approximate surface area is 313 Å². The van der Waals surface area contributed by atoms with Crippen LogP contribution in [0.2, 0.25) is 0 Å². The highest BCUT2D eigenvalue weighted by atomic mass is 16.5. The van der Waals surface area contributed by atoms with Crippen LogP contribution < -0.4 is 4.74 Å². The topological polar surface area (TPSA) is 47.9 Å². The van der Waals surface area contributed by atoms with Crippen molar-refractivity contribution in [3.8, 4) is 67.9 Å². The molecule has 0 amide bonds. The van der Waals surface area contributed by atoms with Crippen molar-refractivity contribution in [1.29, 1.82) is 0 Å². The van der Waals surface area contributed by atoms with E-state index in [-0.39, 0.29) is 0 Å². The first kappa shape index (κ1) is 30.5. The van der Waals surface area contributed by atoms with Crippen LogP contribution >= 0.6 is 0 Å². The molecule has 0 saturated heterocycles. The average molecular weight is 690 g/mol. The minimum Gasteiger partial charge on any atom is -0.457 e. The van der Waals surface area contributed by atoms with E-state index in [0.29, 0.717) is 17.5 Å². The summed E-state index contributed by atoms with van der Waals surface area (Å²) in [5.74, 6) is 3.65. The molecule has 0 unspecified atom stereocenters. The van der Waals surface area contributed by atoms with E-state index in [4.69, 9.17) is 19.7 Å². The summed E-state index contributed by atoms with van der Waals surface area (Å²) < 4.78 is 6.53. The van der Waals surface area contributed by atoms with E-state index in [0.717, 1.165) is 50.4 Å². The van der Waals surface area contributed by atoms with Crippen LogP contribution in [0.3, 0.4) is 0 Å². The van der Waals surface area contributed by atoms with E-state index in [1.165, 1.54) is 33.0 Å². The van der Waals surface area contributed by atoms with Gasteiger partial charge in [0.15, 0.2) is 17.5 Å². The first-order valence-corrected chi connectivity index (χ1v) is 18.3. The maximum absolute atomic E-state index is 6.53. The van der Waals surface area contributed by atoms with Crippen molar-refractivity contribution >= 4 is 10.8 Å². The van der Waals surface area contributed by atoms with Crippen molar-refractivity contribution in [2.24, 2.45) is 0 Å². The highest BCUT2D eigenvalue weighted by Crippen LogP contribution is 2.62. The largest absolute Gasteiger partial charge is 0.457 e. The van der Waals surface area contributed by atoms with E-state index in [9.17, 15) is 0 Å². The van der Waals surface area contributed by atoms with Crippen LogP contribution in [0.1, 0.15) is 22.3 Å². The third kappa shape index (κ3) is 4.53. The summed E-state index contributed by atoms with van der Waals surface area (Å²) in [5, 5.41) is 2.42. The summed E-state index contributed by atoms with van der Waals surface area (Å²) in [5.41, 5.74) is 11.7. The zero-order valence-electron chi connectivity index (χ0n) is 29.1. The molecular weight excluding hydrogens is 659 g/mol. The molecule has 9 aromatic rings. The first-order valence-electron chi connectivity index (χ1n) is 18.3. The molecule has 1 aliphatic carbocycles. The number of para-hydroxylation sites is 2. The maximum atomic E-state index is 6.53. The van der Waals surface area contributed by atoms with Crippen LogP contribution in [0.15, 0.2) is 188 Å². The number of benzene rings is 8. The van der Waals surface area contributed by atoms with Gasteiger partial charge in [0.2, 0.25) is 0 Å². The minimum absolute atomic E-state index is 0.530. The molecule has 0 saturated carbocycles. The lowest BCUT2D eigenvalue weighted by atomic mass is 9.66. The van der Waals surface area contributed by atoms with Gasteiger partial charge >= 0.3 is 0 Å². The highest BCUT2D eigenvalue weighted by Gasteiger charge is 2.51.